The van der Waals surface area contributed by atoms with Crippen LogP contribution in [0.4, 0.5) is 11.6 Å². The van der Waals surface area contributed by atoms with E-state index in [0.717, 1.165) is 37.2 Å². The van der Waals surface area contributed by atoms with Gasteiger partial charge in [0.2, 0.25) is 0 Å². The van der Waals surface area contributed by atoms with Gasteiger partial charge in [-0.1, -0.05) is 0 Å². The van der Waals surface area contributed by atoms with Crippen LogP contribution in [-0.4, -0.2) is 43.8 Å². The van der Waals surface area contributed by atoms with Crippen LogP contribution in [0.15, 0.2) is 6.07 Å². The van der Waals surface area contributed by atoms with Gasteiger partial charge in [-0.25, -0.2) is 9.97 Å². The Hall–Kier alpha value is -1.36. The SMILES string of the molecule is CNc1cc(N(C)CC2CCCOC2)nc(C2CC2)n1. The average molecular weight is 276 g/mol. The summed E-state index contributed by atoms with van der Waals surface area (Å²) in [6, 6.07) is 2.04. The average Bonchev–Trinajstić information content (AvgIpc) is 3.32. The Labute approximate surface area is 120 Å². The van der Waals surface area contributed by atoms with E-state index in [1.54, 1.807) is 0 Å². The van der Waals surface area contributed by atoms with E-state index in [1.165, 1.54) is 25.7 Å². The van der Waals surface area contributed by atoms with Gasteiger partial charge in [0.25, 0.3) is 0 Å². The molecule has 0 amide bonds. The van der Waals surface area contributed by atoms with Crippen LogP contribution in [0.3, 0.4) is 0 Å². The molecule has 0 aromatic carbocycles. The molecule has 20 heavy (non-hydrogen) atoms. The van der Waals surface area contributed by atoms with Crippen molar-refractivity contribution < 1.29 is 4.74 Å². The van der Waals surface area contributed by atoms with E-state index in [-0.39, 0.29) is 0 Å². The van der Waals surface area contributed by atoms with Crippen molar-refractivity contribution in [1.82, 2.24) is 9.97 Å². The van der Waals surface area contributed by atoms with E-state index >= 15 is 0 Å². The zero-order valence-corrected chi connectivity index (χ0v) is 12.4. The monoisotopic (exact) mass is 276 g/mol. The minimum absolute atomic E-state index is 0.577. The van der Waals surface area contributed by atoms with Gasteiger partial charge in [-0.15, -0.1) is 0 Å². The summed E-state index contributed by atoms with van der Waals surface area (Å²) >= 11 is 0. The summed E-state index contributed by atoms with van der Waals surface area (Å²) in [7, 11) is 4.03. The zero-order valence-electron chi connectivity index (χ0n) is 12.4. The summed E-state index contributed by atoms with van der Waals surface area (Å²) in [5, 5.41) is 3.15. The van der Waals surface area contributed by atoms with E-state index < -0.39 is 0 Å². The molecule has 5 heteroatoms. The maximum Gasteiger partial charge on any atom is 0.136 e. The Balaban J connectivity index is 1.72. The lowest BCUT2D eigenvalue weighted by Crippen LogP contribution is -2.31. The Morgan fingerprint density at radius 2 is 2.20 bits per heavy atom. The van der Waals surface area contributed by atoms with Crippen molar-refractivity contribution in [2.75, 3.05) is 44.1 Å². The maximum atomic E-state index is 5.56. The summed E-state index contributed by atoms with van der Waals surface area (Å²) in [5.41, 5.74) is 0. The van der Waals surface area contributed by atoms with Crippen LogP contribution in [-0.2, 0) is 4.74 Å². The van der Waals surface area contributed by atoms with Gasteiger partial charge < -0.3 is 15.0 Å². The molecule has 0 radical (unpaired) electrons. The summed E-state index contributed by atoms with van der Waals surface area (Å²) in [6.07, 6.45) is 4.89. The first-order chi connectivity index (χ1) is 9.76. The van der Waals surface area contributed by atoms with Gasteiger partial charge in [0, 0.05) is 39.2 Å². The van der Waals surface area contributed by atoms with Crippen LogP contribution >= 0.6 is 0 Å². The Bertz CT molecular complexity index is 455. The molecule has 1 N–H and O–H groups in total. The van der Waals surface area contributed by atoms with Gasteiger partial charge in [-0.2, -0.15) is 0 Å². The largest absolute Gasteiger partial charge is 0.381 e. The molecule has 1 saturated heterocycles. The van der Waals surface area contributed by atoms with Crippen molar-refractivity contribution in [2.24, 2.45) is 5.92 Å². The highest BCUT2D eigenvalue weighted by Crippen LogP contribution is 2.39. The first kappa shape index (κ1) is 13.6. The molecular weight excluding hydrogens is 252 g/mol. The van der Waals surface area contributed by atoms with Crippen molar-refractivity contribution in [3.63, 3.8) is 0 Å². The number of hydrogen-bond acceptors (Lipinski definition) is 5. The molecule has 1 aromatic rings. The number of hydrogen-bond donors (Lipinski definition) is 1. The zero-order chi connectivity index (χ0) is 13.9. The van der Waals surface area contributed by atoms with E-state index in [2.05, 4.69) is 22.2 Å². The fourth-order valence-electron chi connectivity index (χ4n) is 2.73. The highest BCUT2D eigenvalue weighted by Gasteiger charge is 2.28. The summed E-state index contributed by atoms with van der Waals surface area (Å²) < 4.78 is 5.56. The van der Waals surface area contributed by atoms with E-state index in [9.17, 15) is 0 Å². The lowest BCUT2D eigenvalue weighted by atomic mass is 10.0. The number of nitrogens with zero attached hydrogens (tertiary/aromatic N) is 3. The fraction of sp³-hybridized carbons (Fsp3) is 0.733. The van der Waals surface area contributed by atoms with E-state index in [4.69, 9.17) is 9.72 Å². The predicted octanol–water partition coefficient (Wildman–Crippen LogP) is 2.26. The van der Waals surface area contributed by atoms with Gasteiger partial charge in [0.05, 0.1) is 6.61 Å². The fourth-order valence-corrected chi connectivity index (χ4v) is 2.73. The van der Waals surface area contributed by atoms with Crippen molar-refractivity contribution in [3.05, 3.63) is 11.9 Å². The minimum atomic E-state index is 0.577. The highest BCUT2D eigenvalue weighted by atomic mass is 16.5. The van der Waals surface area contributed by atoms with Gasteiger partial charge in [0.15, 0.2) is 0 Å². The molecule has 2 fully saturated rings. The summed E-state index contributed by atoms with van der Waals surface area (Å²) in [4.78, 5) is 11.6. The van der Waals surface area contributed by atoms with Crippen molar-refractivity contribution in [3.8, 4) is 0 Å². The number of aromatic nitrogens is 2. The number of nitrogens with one attached hydrogen (secondary N) is 1. The molecule has 1 aromatic heterocycles. The third-order valence-corrected chi connectivity index (χ3v) is 4.11. The Kier molecular flexibility index (Phi) is 4.05. The number of anilines is 2. The molecule has 110 valence electrons. The molecular formula is C15H24N4O. The van der Waals surface area contributed by atoms with Crippen LogP contribution in [0, 0.1) is 5.92 Å². The van der Waals surface area contributed by atoms with E-state index in [1.807, 2.05) is 13.1 Å². The standard InChI is InChI=1S/C15H24N4O/c1-16-13-8-14(18-15(17-13)12-5-6-12)19(2)9-11-4-3-7-20-10-11/h8,11-12H,3-7,9-10H2,1-2H3,(H,16,17,18). The molecule has 3 rings (SSSR count). The minimum Gasteiger partial charge on any atom is -0.381 e. The molecule has 5 nitrogen and oxygen atoms in total. The lowest BCUT2D eigenvalue weighted by molar-refractivity contribution is 0.0576. The Morgan fingerprint density at radius 3 is 2.85 bits per heavy atom. The molecule has 1 unspecified atom stereocenters. The third kappa shape index (κ3) is 3.20. The van der Waals surface area contributed by atoms with Crippen molar-refractivity contribution in [2.45, 2.75) is 31.6 Å². The highest BCUT2D eigenvalue weighted by molar-refractivity contribution is 5.49. The molecule has 1 atom stereocenters. The topological polar surface area (TPSA) is 50.3 Å². The van der Waals surface area contributed by atoms with Gasteiger partial charge in [-0.3, -0.25) is 0 Å². The second kappa shape index (κ2) is 5.95. The molecule has 1 saturated carbocycles. The van der Waals surface area contributed by atoms with Crippen LogP contribution in [0.1, 0.15) is 37.4 Å². The Morgan fingerprint density at radius 1 is 1.35 bits per heavy atom. The summed E-state index contributed by atoms with van der Waals surface area (Å²) in [5.74, 6) is 4.14. The number of ether oxygens (including phenoxy) is 1. The smallest absolute Gasteiger partial charge is 0.136 e. The van der Waals surface area contributed by atoms with Crippen LogP contribution in [0.2, 0.25) is 0 Å². The quantitative estimate of drug-likeness (QED) is 0.894. The molecule has 2 heterocycles. The maximum absolute atomic E-state index is 5.56. The van der Waals surface area contributed by atoms with Crippen LogP contribution in [0.25, 0.3) is 0 Å². The first-order valence-electron chi connectivity index (χ1n) is 7.62. The van der Waals surface area contributed by atoms with Gasteiger partial charge in [0.1, 0.15) is 17.5 Å². The predicted molar refractivity (Wildman–Crippen MR) is 80.4 cm³/mol. The second-order valence-corrected chi connectivity index (χ2v) is 5.96. The first-order valence-corrected chi connectivity index (χ1v) is 7.62. The molecule has 0 bridgehead atoms. The van der Waals surface area contributed by atoms with Crippen LogP contribution in [0.5, 0.6) is 0 Å². The molecule has 1 aliphatic carbocycles. The number of rotatable bonds is 5. The van der Waals surface area contributed by atoms with Crippen molar-refractivity contribution >= 4 is 11.6 Å². The summed E-state index contributed by atoms with van der Waals surface area (Å²) in [6.45, 7) is 2.80. The molecule has 0 spiro atoms. The second-order valence-electron chi connectivity index (χ2n) is 5.96. The lowest BCUT2D eigenvalue weighted by Gasteiger charge is -2.28. The van der Waals surface area contributed by atoms with Crippen molar-refractivity contribution in [1.29, 1.82) is 0 Å². The molecule has 2 aliphatic rings. The third-order valence-electron chi connectivity index (χ3n) is 4.11. The normalized spacial score (nSPS) is 22.6. The van der Waals surface area contributed by atoms with Crippen LogP contribution < -0.4 is 10.2 Å². The molecule has 1 aliphatic heterocycles. The van der Waals surface area contributed by atoms with Gasteiger partial charge in [-0.05, 0) is 31.6 Å². The van der Waals surface area contributed by atoms with Gasteiger partial charge >= 0.3 is 0 Å². The van der Waals surface area contributed by atoms with E-state index in [0.29, 0.717) is 11.8 Å².